The van der Waals surface area contributed by atoms with Crippen LogP contribution in [0.3, 0.4) is 0 Å². The van der Waals surface area contributed by atoms with Gasteiger partial charge in [-0.25, -0.2) is 0 Å². The van der Waals surface area contributed by atoms with Crippen LogP contribution in [0.15, 0.2) is 18.2 Å². The quantitative estimate of drug-likeness (QED) is 0.624. The molecule has 0 unspecified atom stereocenters. The fourth-order valence-corrected chi connectivity index (χ4v) is 1.70. The zero-order chi connectivity index (χ0) is 12.1. The Labute approximate surface area is 96.5 Å². The van der Waals surface area contributed by atoms with Crippen molar-refractivity contribution in [2.75, 3.05) is 7.11 Å². The molecule has 0 heterocycles. The molecule has 0 aliphatic heterocycles. The number of hydrogen-bond donors (Lipinski definition) is 1. The number of hydrogen-bond acceptors (Lipinski definition) is 3. The number of aromatic hydroxyl groups is 1. The van der Waals surface area contributed by atoms with E-state index >= 15 is 0 Å². The van der Waals surface area contributed by atoms with Gasteiger partial charge in [-0.05, 0) is 24.4 Å². The Morgan fingerprint density at radius 3 is 2.81 bits per heavy atom. The van der Waals surface area contributed by atoms with Gasteiger partial charge in [-0.2, -0.15) is 0 Å². The Balaban J connectivity index is 2.66. The van der Waals surface area contributed by atoms with Gasteiger partial charge in [0.1, 0.15) is 5.75 Å². The minimum atomic E-state index is -0.209. The van der Waals surface area contributed by atoms with Crippen LogP contribution in [0.1, 0.15) is 11.1 Å². The van der Waals surface area contributed by atoms with Crippen LogP contribution in [0.5, 0.6) is 5.75 Å². The molecule has 1 aromatic rings. The maximum Gasteiger partial charge on any atom is 0.298 e. The predicted octanol–water partition coefficient (Wildman–Crippen LogP) is 2.08. The van der Waals surface area contributed by atoms with Gasteiger partial charge in [0.15, 0.2) is 6.71 Å². The normalized spacial score (nSPS) is 9.94. The molecule has 1 aromatic carbocycles. The van der Waals surface area contributed by atoms with Gasteiger partial charge in [-0.3, -0.25) is 4.79 Å². The number of aryl methyl sites for hydroxylation is 1. The van der Waals surface area contributed by atoms with Gasteiger partial charge in [0, 0.05) is 6.32 Å². The molecule has 0 fully saturated rings. The number of carbonyl (C=O) groups is 1. The first-order valence-electron chi connectivity index (χ1n) is 5.39. The van der Waals surface area contributed by atoms with Gasteiger partial charge in [0.25, 0.3) is 5.97 Å². The summed E-state index contributed by atoms with van der Waals surface area (Å²) in [6, 6.07) is 5.66. The lowest BCUT2D eigenvalue weighted by atomic mass is 9.46. The molecule has 0 aliphatic carbocycles. The Hall–Kier alpha value is -1.45. The topological polar surface area (TPSA) is 46.5 Å². The first-order chi connectivity index (χ1) is 7.54. The Morgan fingerprint density at radius 1 is 1.50 bits per heavy atom. The summed E-state index contributed by atoms with van der Waals surface area (Å²) in [5.41, 5.74) is 1.75. The zero-order valence-electron chi connectivity index (χ0n) is 9.99. The molecule has 0 saturated heterocycles. The number of rotatable bonds is 4. The summed E-state index contributed by atoms with van der Waals surface area (Å²) >= 11 is 0. The first-order valence-corrected chi connectivity index (χ1v) is 5.39. The van der Waals surface area contributed by atoms with E-state index in [1.165, 1.54) is 7.11 Å². The molecule has 0 aliphatic rings. The number of carbonyl (C=O) groups excluding carboxylic acids is 1. The molecule has 86 valence electrons. The molecule has 3 nitrogen and oxygen atoms in total. The van der Waals surface area contributed by atoms with Crippen molar-refractivity contribution in [3.8, 4) is 5.75 Å². The lowest BCUT2D eigenvalue weighted by Crippen LogP contribution is -2.18. The number of methoxy groups -OCH3 is 1. The van der Waals surface area contributed by atoms with E-state index in [1.807, 2.05) is 31.9 Å². The summed E-state index contributed by atoms with van der Waals surface area (Å²) in [4.78, 5) is 11.1. The van der Waals surface area contributed by atoms with Crippen LogP contribution in [0.4, 0.5) is 0 Å². The second-order valence-corrected chi connectivity index (χ2v) is 4.17. The molecule has 0 spiro atoms. The standard InChI is InChI=1S/C12H17BO3/c1-9-5-4-6-10(12(9)15)7-13(2)8-11(14)16-3/h4-6,15H,7-8H2,1-3H3. The zero-order valence-corrected chi connectivity index (χ0v) is 9.99. The van der Waals surface area contributed by atoms with Gasteiger partial charge < -0.3 is 9.84 Å². The van der Waals surface area contributed by atoms with E-state index in [-0.39, 0.29) is 12.7 Å². The van der Waals surface area contributed by atoms with Crippen molar-refractivity contribution in [3.05, 3.63) is 29.3 Å². The lowest BCUT2D eigenvalue weighted by Gasteiger charge is -2.10. The molecule has 16 heavy (non-hydrogen) atoms. The summed E-state index contributed by atoms with van der Waals surface area (Å²) in [5.74, 6) is 0.124. The van der Waals surface area contributed by atoms with Crippen molar-refractivity contribution in [1.29, 1.82) is 0 Å². The number of phenols is 1. The number of ether oxygens (including phenoxy) is 1. The summed E-state index contributed by atoms with van der Waals surface area (Å²) in [6.45, 7) is 4.00. The fourth-order valence-electron chi connectivity index (χ4n) is 1.70. The van der Waals surface area contributed by atoms with E-state index < -0.39 is 0 Å². The van der Waals surface area contributed by atoms with Gasteiger partial charge >= 0.3 is 0 Å². The molecule has 0 amide bonds. The van der Waals surface area contributed by atoms with Crippen molar-refractivity contribution in [3.63, 3.8) is 0 Å². The van der Waals surface area contributed by atoms with Crippen molar-refractivity contribution in [2.45, 2.75) is 26.4 Å². The molecular weight excluding hydrogens is 203 g/mol. The highest BCUT2D eigenvalue weighted by Gasteiger charge is 2.15. The predicted molar refractivity (Wildman–Crippen MR) is 65.0 cm³/mol. The first kappa shape index (κ1) is 12.6. The molecule has 0 radical (unpaired) electrons. The third-order valence-electron chi connectivity index (χ3n) is 2.63. The molecule has 0 atom stereocenters. The van der Waals surface area contributed by atoms with Crippen molar-refractivity contribution in [1.82, 2.24) is 0 Å². The van der Waals surface area contributed by atoms with E-state index in [0.717, 1.165) is 11.1 Å². The van der Waals surface area contributed by atoms with Crippen LogP contribution in [0, 0.1) is 6.92 Å². The van der Waals surface area contributed by atoms with Crippen LogP contribution in [0.25, 0.3) is 0 Å². The number of phenolic OH excluding ortho intramolecular Hbond substituents is 1. The van der Waals surface area contributed by atoms with Crippen molar-refractivity contribution < 1.29 is 14.6 Å². The monoisotopic (exact) mass is 220 g/mol. The Morgan fingerprint density at radius 2 is 2.19 bits per heavy atom. The van der Waals surface area contributed by atoms with E-state index in [9.17, 15) is 9.90 Å². The molecule has 0 bridgehead atoms. The van der Waals surface area contributed by atoms with E-state index in [0.29, 0.717) is 18.4 Å². The third kappa shape index (κ3) is 3.30. The van der Waals surface area contributed by atoms with Gasteiger partial charge in [0.05, 0.1) is 7.11 Å². The molecule has 4 heteroatoms. The SMILES string of the molecule is COC(=O)CB(C)Cc1cccc(C)c1O. The third-order valence-corrected chi connectivity index (χ3v) is 2.63. The molecular formula is C12H17BO3. The smallest absolute Gasteiger partial charge is 0.298 e. The van der Waals surface area contributed by atoms with E-state index in [4.69, 9.17) is 0 Å². The number of esters is 1. The number of benzene rings is 1. The van der Waals surface area contributed by atoms with Gasteiger partial charge in [-0.1, -0.05) is 25.0 Å². The van der Waals surface area contributed by atoms with E-state index in [1.54, 1.807) is 0 Å². The summed E-state index contributed by atoms with van der Waals surface area (Å²) in [5, 5.41) is 9.82. The van der Waals surface area contributed by atoms with Gasteiger partial charge in [0.2, 0.25) is 0 Å². The average molecular weight is 220 g/mol. The minimum Gasteiger partial charge on any atom is -0.507 e. The highest BCUT2D eigenvalue weighted by Crippen LogP contribution is 2.22. The maximum absolute atomic E-state index is 11.1. The molecule has 1 N–H and O–H groups in total. The fraction of sp³-hybridized carbons (Fsp3) is 0.417. The summed E-state index contributed by atoms with van der Waals surface area (Å²) in [6.07, 6.45) is 1.06. The molecule has 0 aromatic heterocycles. The van der Waals surface area contributed by atoms with Crippen LogP contribution < -0.4 is 0 Å². The molecule has 0 saturated carbocycles. The highest BCUT2D eigenvalue weighted by molar-refractivity contribution is 6.60. The maximum atomic E-state index is 11.1. The second-order valence-electron chi connectivity index (χ2n) is 4.17. The van der Waals surface area contributed by atoms with Crippen LogP contribution in [-0.4, -0.2) is 24.9 Å². The average Bonchev–Trinajstić information content (AvgIpc) is 2.24. The summed E-state index contributed by atoms with van der Waals surface area (Å²) in [7, 11) is 1.39. The van der Waals surface area contributed by atoms with Crippen molar-refractivity contribution >= 4 is 12.7 Å². The van der Waals surface area contributed by atoms with E-state index in [2.05, 4.69) is 4.74 Å². The summed E-state index contributed by atoms with van der Waals surface area (Å²) < 4.78 is 4.61. The Bertz CT molecular complexity index is 377. The lowest BCUT2D eigenvalue weighted by molar-refractivity contribution is -0.137. The minimum absolute atomic E-state index is 0.167. The van der Waals surface area contributed by atoms with Gasteiger partial charge in [-0.15, -0.1) is 0 Å². The van der Waals surface area contributed by atoms with Crippen LogP contribution in [-0.2, 0) is 15.9 Å². The van der Waals surface area contributed by atoms with Crippen LogP contribution in [0.2, 0.25) is 13.1 Å². The van der Waals surface area contributed by atoms with Crippen LogP contribution >= 0.6 is 0 Å². The largest absolute Gasteiger partial charge is 0.507 e. The van der Waals surface area contributed by atoms with Crippen molar-refractivity contribution in [2.24, 2.45) is 0 Å². The second kappa shape index (κ2) is 5.59. The Kier molecular flexibility index (Phi) is 4.41. The molecule has 1 rings (SSSR count). The highest BCUT2D eigenvalue weighted by atomic mass is 16.5. The number of para-hydroxylation sites is 1.